The van der Waals surface area contributed by atoms with Crippen LogP contribution in [0.4, 0.5) is 0 Å². The summed E-state index contributed by atoms with van der Waals surface area (Å²) in [5.41, 5.74) is 27.4. The highest BCUT2D eigenvalue weighted by Gasteiger charge is 2.22. The minimum atomic E-state index is 0.861. The summed E-state index contributed by atoms with van der Waals surface area (Å²) in [5.74, 6) is 0. The van der Waals surface area contributed by atoms with Crippen LogP contribution in [0.5, 0.6) is 0 Å². The highest BCUT2D eigenvalue weighted by Crippen LogP contribution is 2.44. The van der Waals surface area contributed by atoms with Crippen LogP contribution < -0.4 is 0 Å². The fourth-order valence-corrected chi connectivity index (χ4v) is 15.5. The molecule has 20 rings (SSSR count). The van der Waals surface area contributed by atoms with Gasteiger partial charge in [-0.3, -0.25) is 0 Å². The van der Waals surface area contributed by atoms with Crippen molar-refractivity contribution in [3.8, 4) is 78.4 Å². The van der Waals surface area contributed by atoms with E-state index in [0.29, 0.717) is 0 Å². The fourth-order valence-electron chi connectivity index (χ4n) is 15.5. The average molecular weight is 1210 g/mol. The van der Waals surface area contributed by atoms with Crippen molar-refractivity contribution in [1.82, 2.24) is 18.3 Å². The first-order valence-electron chi connectivity index (χ1n) is 32.6. The molecule has 0 saturated heterocycles. The van der Waals surface area contributed by atoms with Gasteiger partial charge in [0.2, 0.25) is 0 Å². The molecule has 0 spiro atoms. The van der Waals surface area contributed by atoms with Gasteiger partial charge in [0.15, 0.2) is 5.58 Å². The third-order valence-electron chi connectivity index (χ3n) is 20.0. The summed E-state index contributed by atoms with van der Waals surface area (Å²) in [7, 11) is 0. The van der Waals surface area contributed by atoms with Crippen molar-refractivity contribution in [2.75, 3.05) is 0 Å². The minimum absolute atomic E-state index is 0.861. The summed E-state index contributed by atoms with van der Waals surface area (Å²) < 4.78 is 16.5. The Kier molecular flexibility index (Phi) is 11.7. The van der Waals surface area contributed by atoms with Crippen molar-refractivity contribution < 1.29 is 4.42 Å². The van der Waals surface area contributed by atoms with Gasteiger partial charge in [0, 0.05) is 70.9 Å². The van der Waals surface area contributed by atoms with Crippen LogP contribution in [0.1, 0.15) is 0 Å². The molecule has 0 fully saturated rings. The van der Waals surface area contributed by atoms with Crippen LogP contribution in [0.15, 0.2) is 344 Å². The Morgan fingerprint density at radius 3 is 0.937 bits per heavy atom. The van der Waals surface area contributed by atoms with Crippen LogP contribution in [0, 0.1) is 0 Å². The molecule has 0 aliphatic heterocycles. The lowest BCUT2D eigenvalue weighted by Gasteiger charge is -2.11. The van der Waals surface area contributed by atoms with E-state index in [-0.39, 0.29) is 0 Å². The van der Waals surface area contributed by atoms with Crippen molar-refractivity contribution in [3.05, 3.63) is 340 Å². The maximum absolute atomic E-state index is 6.94. The first-order valence-corrected chi connectivity index (χ1v) is 32.6. The molecule has 0 N–H and O–H groups in total. The molecule has 0 atom stereocenters. The van der Waals surface area contributed by atoms with Crippen LogP contribution in [0.25, 0.3) is 188 Å². The smallest absolute Gasteiger partial charge is 0.159 e. The van der Waals surface area contributed by atoms with Crippen molar-refractivity contribution in [3.63, 3.8) is 0 Å². The van der Waals surface area contributed by atoms with Crippen molar-refractivity contribution in [1.29, 1.82) is 0 Å². The van der Waals surface area contributed by atoms with Gasteiger partial charge in [0.1, 0.15) is 5.58 Å². The highest BCUT2D eigenvalue weighted by molar-refractivity contribution is 6.16. The van der Waals surface area contributed by atoms with Crippen LogP contribution in [0.3, 0.4) is 0 Å². The molecule has 5 aromatic heterocycles. The van der Waals surface area contributed by atoms with Crippen molar-refractivity contribution >= 4 is 109 Å². The van der Waals surface area contributed by atoms with E-state index in [0.717, 1.165) is 78.0 Å². The SMILES string of the molecule is c1ccc(-c2ccc(-n3c4ccccc4c4cc(-c5ccc6c(c5)c5ccccc5n6-c5ccc(-c6cccc(-c7ccc8oc9c(-n%10c%11ccccc%11c%11cc(-c%12ccc%13c(c%12)c%12ccccc%12n%13-c%12ccccc%12)ccc%11%10)cccc9c8c7)c6)cc5)ccc43)cc2)cc1. The van der Waals surface area contributed by atoms with E-state index < -0.39 is 0 Å². The summed E-state index contributed by atoms with van der Waals surface area (Å²) in [6.45, 7) is 0. The number of aromatic nitrogens is 4. The molecule has 0 unspecified atom stereocenters. The van der Waals surface area contributed by atoms with Gasteiger partial charge in [-0.25, -0.2) is 0 Å². The lowest BCUT2D eigenvalue weighted by Crippen LogP contribution is -1.94. The second kappa shape index (κ2) is 20.9. The summed E-state index contributed by atoms with van der Waals surface area (Å²) in [5, 5.41) is 12.0. The minimum Gasteiger partial charge on any atom is -0.454 e. The predicted octanol–water partition coefficient (Wildman–Crippen LogP) is 24.3. The van der Waals surface area contributed by atoms with E-state index in [1.165, 1.54) is 110 Å². The van der Waals surface area contributed by atoms with Crippen LogP contribution in [-0.4, -0.2) is 18.3 Å². The number of para-hydroxylation sites is 6. The van der Waals surface area contributed by atoms with Gasteiger partial charge in [-0.2, -0.15) is 0 Å². The summed E-state index contributed by atoms with van der Waals surface area (Å²) in [4.78, 5) is 0. The molecule has 15 aromatic carbocycles. The molecule has 0 aliphatic carbocycles. The Bertz CT molecular complexity index is 6490. The second-order valence-corrected chi connectivity index (χ2v) is 25.2. The largest absolute Gasteiger partial charge is 0.454 e. The molecule has 5 heteroatoms. The van der Waals surface area contributed by atoms with E-state index >= 15 is 0 Å². The zero-order valence-corrected chi connectivity index (χ0v) is 51.5. The predicted molar refractivity (Wildman–Crippen MR) is 398 cm³/mol. The van der Waals surface area contributed by atoms with E-state index in [1.54, 1.807) is 0 Å². The molecule has 20 aromatic rings. The molecule has 0 radical (unpaired) electrons. The standard InChI is InChI=1S/C90H56N4O/c1-3-17-57(18-4-1)58-33-42-68(43-34-58)92-81-29-12-8-24-71(81)76-53-62(38-47-85(76)92)63-39-48-86-77(54-63)72-25-9-13-30-82(72)93(86)69-44-35-59(36-45-69)60-19-15-20-61(51-60)66-41-50-89-79(56-66)74-27-16-32-88(90(74)95-89)94-83-31-14-10-26-73(83)78-55-65(40-49-87(78)94)64-37-46-84-75(52-64)70-23-7-11-28-80(70)91(84)67-21-5-2-6-22-67/h1-56H. The van der Waals surface area contributed by atoms with Gasteiger partial charge < -0.3 is 22.7 Å². The molecule has 5 nitrogen and oxygen atoms in total. The first kappa shape index (κ1) is 53.0. The zero-order chi connectivity index (χ0) is 62.2. The summed E-state index contributed by atoms with van der Waals surface area (Å²) in [6, 6.07) is 124. The maximum Gasteiger partial charge on any atom is 0.159 e. The topological polar surface area (TPSA) is 32.9 Å². The fraction of sp³-hybridized carbons (Fsp3) is 0. The zero-order valence-electron chi connectivity index (χ0n) is 51.5. The quantitative estimate of drug-likeness (QED) is 0.142. The number of hydrogen-bond acceptors (Lipinski definition) is 1. The molecule has 442 valence electrons. The second-order valence-electron chi connectivity index (χ2n) is 25.2. The van der Waals surface area contributed by atoms with Crippen LogP contribution in [-0.2, 0) is 0 Å². The van der Waals surface area contributed by atoms with Gasteiger partial charge in [-0.05, 0) is 189 Å². The Morgan fingerprint density at radius 2 is 0.463 bits per heavy atom. The van der Waals surface area contributed by atoms with E-state index in [1.807, 2.05) is 0 Å². The first-order chi connectivity index (χ1) is 47.1. The molecule has 5 heterocycles. The number of hydrogen-bond donors (Lipinski definition) is 0. The van der Waals surface area contributed by atoms with Gasteiger partial charge in [0.25, 0.3) is 0 Å². The number of rotatable bonds is 9. The van der Waals surface area contributed by atoms with Crippen LogP contribution >= 0.6 is 0 Å². The maximum atomic E-state index is 6.94. The molecule has 0 bridgehead atoms. The number of furan rings is 1. The molecule has 0 aliphatic rings. The summed E-state index contributed by atoms with van der Waals surface area (Å²) >= 11 is 0. The van der Waals surface area contributed by atoms with Crippen LogP contribution in [0.2, 0.25) is 0 Å². The normalized spacial score (nSPS) is 12.0. The average Bonchev–Trinajstić information content (AvgIpc) is 1.60. The Hall–Kier alpha value is -12.7. The Labute approximate surface area is 546 Å². The van der Waals surface area contributed by atoms with E-state index in [9.17, 15) is 0 Å². The third kappa shape index (κ3) is 8.29. The Morgan fingerprint density at radius 1 is 0.168 bits per heavy atom. The van der Waals surface area contributed by atoms with E-state index in [2.05, 4.69) is 358 Å². The molecule has 0 amide bonds. The van der Waals surface area contributed by atoms with Crippen molar-refractivity contribution in [2.24, 2.45) is 0 Å². The lowest BCUT2D eigenvalue weighted by atomic mass is 9.98. The van der Waals surface area contributed by atoms with E-state index in [4.69, 9.17) is 4.42 Å². The molecular formula is C90H56N4O. The molecular weight excluding hydrogens is 1150 g/mol. The third-order valence-corrected chi connectivity index (χ3v) is 20.0. The van der Waals surface area contributed by atoms with Gasteiger partial charge in [0.05, 0.1) is 49.8 Å². The highest BCUT2D eigenvalue weighted by atomic mass is 16.3. The molecule has 95 heavy (non-hydrogen) atoms. The van der Waals surface area contributed by atoms with Crippen molar-refractivity contribution in [2.45, 2.75) is 0 Å². The van der Waals surface area contributed by atoms with Gasteiger partial charge in [-0.15, -0.1) is 0 Å². The molecule has 0 saturated carbocycles. The monoisotopic (exact) mass is 1210 g/mol. The number of fused-ring (bicyclic) bond motifs is 15. The summed E-state index contributed by atoms with van der Waals surface area (Å²) in [6.07, 6.45) is 0. The van der Waals surface area contributed by atoms with Gasteiger partial charge >= 0.3 is 0 Å². The number of benzene rings is 15. The Balaban J connectivity index is 0.609. The van der Waals surface area contributed by atoms with Gasteiger partial charge in [-0.1, -0.05) is 206 Å². The lowest BCUT2D eigenvalue weighted by molar-refractivity contribution is 0.666. The number of nitrogens with zero attached hydrogens (tertiary/aromatic N) is 4.